The van der Waals surface area contributed by atoms with Gasteiger partial charge < -0.3 is 10.8 Å². The molecule has 0 aliphatic rings. The van der Waals surface area contributed by atoms with Crippen molar-refractivity contribution in [1.82, 2.24) is 0 Å². The van der Waals surface area contributed by atoms with E-state index in [-0.39, 0.29) is 21.4 Å². The molecule has 18 heteroatoms. The Labute approximate surface area is 249 Å². The van der Waals surface area contributed by atoms with Gasteiger partial charge in [0.15, 0.2) is 5.75 Å². The minimum Gasteiger partial charge on any atom is -0.505 e. The second-order valence-electron chi connectivity index (χ2n) is 9.15. The van der Waals surface area contributed by atoms with Gasteiger partial charge in [-0.2, -0.15) is 30.4 Å². The van der Waals surface area contributed by atoms with Crippen LogP contribution in [0.15, 0.2) is 114 Å². The summed E-state index contributed by atoms with van der Waals surface area (Å²) in [6, 6.07) is 17.4. The molecule has 44 heavy (non-hydrogen) atoms. The van der Waals surface area contributed by atoms with Crippen LogP contribution in [0.4, 0.5) is 28.4 Å². The zero-order valence-corrected chi connectivity index (χ0v) is 24.3. The highest BCUT2D eigenvalue weighted by Gasteiger charge is 2.24. The van der Waals surface area contributed by atoms with Gasteiger partial charge in [0.1, 0.15) is 15.5 Å². The molecule has 0 saturated heterocycles. The van der Waals surface area contributed by atoms with Crippen molar-refractivity contribution in [1.29, 1.82) is 0 Å². The highest BCUT2D eigenvalue weighted by molar-refractivity contribution is 7.86. The highest BCUT2D eigenvalue weighted by atomic mass is 32.2. The number of hydrogen-bond donors (Lipinski definition) is 5. The average molecular weight is 658 g/mol. The van der Waals surface area contributed by atoms with E-state index < -0.39 is 57.3 Å². The number of azo groups is 2. The van der Waals surface area contributed by atoms with Crippen LogP contribution in [0.25, 0.3) is 21.5 Å². The van der Waals surface area contributed by atoms with Crippen LogP contribution in [0.3, 0.4) is 0 Å². The maximum atomic E-state index is 12.2. The Kier molecular flexibility index (Phi) is 7.66. The van der Waals surface area contributed by atoms with Crippen LogP contribution in [0, 0.1) is 0 Å². The van der Waals surface area contributed by atoms with Gasteiger partial charge in [-0.05, 0) is 60.0 Å². The van der Waals surface area contributed by atoms with E-state index in [1.165, 1.54) is 24.3 Å². The topological polar surface area (TPSA) is 259 Å². The molecule has 0 fully saturated rings. The number of nitrogens with two attached hydrogens (primary N) is 1. The summed E-state index contributed by atoms with van der Waals surface area (Å²) in [6.07, 6.45) is 0. The highest BCUT2D eigenvalue weighted by Crippen LogP contribution is 2.44. The summed E-state index contributed by atoms with van der Waals surface area (Å²) in [5.74, 6) is -0.790. The van der Waals surface area contributed by atoms with Crippen molar-refractivity contribution < 1.29 is 44.0 Å². The molecule has 0 aliphatic carbocycles. The molecule has 0 atom stereocenters. The zero-order chi connectivity index (χ0) is 32.0. The van der Waals surface area contributed by atoms with Gasteiger partial charge in [-0.3, -0.25) is 13.7 Å². The first-order valence-corrected chi connectivity index (χ1v) is 16.3. The van der Waals surface area contributed by atoms with Gasteiger partial charge in [0.2, 0.25) is 0 Å². The number of fused-ring (bicyclic) bond motifs is 2. The zero-order valence-electron chi connectivity index (χ0n) is 21.8. The lowest BCUT2D eigenvalue weighted by atomic mass is 10.1. The average Bonchev–Trinajstić information content (AvgIpc) is 2.94. The third-order valence-corrected chi connectivity index (χ3v) is 8.93. The Morgan fingerprint density at radius 2 is 1.09 bits per heavy atom. The molecule has 0 unspecified atom stereocenters. The quantitative estimate of drug-likeness (QED) is 0.0787. The van der Waals surface area contributed by atoms with E-state index in [1.54, 1.807) is 24.3 Å². The minimum atomic E-state index is -5.04. The number of phenols is 1. The van der Waals surface area contributed by atoms with E-state index in [1.807, 2.05) is 0 Å². The predicted octanol–water partition coefficient (Wildman–Crippen LogP) is 5.85. The van der Waals surface area contributed by atoms with Crippen molar-refractivity contribution >= 4 is 80.3 Å². The largest absolute Gasteiger partial charge is 0.505 e. The third kappa shape index (κ3) is 6.11. The molecule has 0 heterocycles. The second kappa shape index (κ2) is 11.0. The number of nitrogens with zero attached hydrogens (tertiary/aromatic N) is 4. The molecule has 0 spiro atoms. The number of benzene rings is 5. The SMILES string of the molecule is Nc1cc2c(O)c(/N=N/c3ccc(/N=N/c4ccc(S(=O)(=O)O)cc4)c4ccccc34)c(S(=O)(=O)O)cc2cc1S(=O)(=O)O. The van der Waals surface area contributed by atoms with E-state index in [0.29, 0.717) is 22.1 Å². The first kappa shape index (κ1) is 30.6. The van der Waals surface area contributed by atoms with E-state index >= 15 is 0 Å². The van der Waals surface area contributed by atoms with E-state index in [9.17, 15) is 39.5 Å². The van der Waals surface area contributed by atoms with Gasteiger partial charge >= 0.3 is 0 Å². The summed E-state index contributed by atoms with van der Waals surface area (Å²) in [5.41, 5.74) is 5.47. The van der Waals surface area contributed by atoms with Crippen molar-refractivity contribution in [2.24, 2.45) is 20.5 Å². The van der Waals surface area contributed by atoms with E-state index in [0.717, 1.165) is 30.3 Å². The standard InChI is InChI=1S/C26H19N5O10S3/c27-20-13-19-14(11-23(20)43(36,37)38)12-24(44(39,40)41)25(26(19)32)31-30-22-10-9-21(17-3-1-2-4-18(17)22)29-28-15-5-7-16(8-6-15)42(33,34)35/h1-13,32H,27H2,(H,33,34,35)(H,36,37,38)(H,39,40,41)/b29-28+,31-30+. The van der Waals surface area contributed by atoms with Crippen molar-refractivity contribution in [2.45, 2.75) is 14.7 Å². The van der Waals surface area contributed by atoms with E-state index in [2.05, 4.69) is 20.5 Å². The van der Waals surface area contributed by atoms with Crippen LogP contribution in [0.5, 0.6) is 5.75 Å². The molecule has 6 N–H and O–H groups in total. The number of hydrogen-bond acceptors (Lipinski definition) is 12. The smallest absolute Gasteiger partial charge is 0.296 e. The number of anilines is 1. The molecule has 0 saturated carbocycles. The molecule has 5 aromatic carbocycles. The molecule has 5 rings (SSSR count). The van der Waals surface area contributed by atoms with Crippen molar-refractivity contribution in [3.8, 4) is 5.75 Å². The Morgan fingerprint density at radius 3 is 1.61 bits per heavy atom. The Balaban J connectivity index is 1.59. The molecule has 0 aromatic heterocycles. The second-order valence-corrected chi connectivity index (χ2v) is 13.4. The number of nitrogen functional groups attached to an aromatic ring is 1. The Bertz CT molecular complexity index is 2380. The molecule has 0 aliphatic heterocycles. The minimum absolute atomic E-state index is 0.138. The molecule has 0 amide bonds. The lowest BCUT2D eigenvalue weighted by molar-refractivity contribution is 0.472. The maximum Gasteiger partial charge on any atom is 0.296 e. The molecular formula is C26H19N5O10S3. The number of aromatic hydroxyl groups is 1. The lowest BCUT2D eigenvalue weighted by Crippen LogP contribution is -2.04. The van der Waals surface area contributed by atoms with Gasteiger partial charge in [-0.1, -0.05) is 24.3 Å². The van der Waals surface area contributed by atoms with Gasteiger partial charge in [-0.15, -0.1) is 15.3 Å². The first-order valence-electron chi connectivity index (χ1n) is 12.0. The van der Waals surface area contributed by atoms with Crippen LogP contribution in [0.1, 0.15) is 0 Å². The van der Waals surface area contributed by atoms with Crippen LogP contribution in [-0.4, -0.2) is 44.0 Å². The first-order chi connectivity index (χ1) is 20.5. The predicted molar refractivity (Wildman–Crippen MR) is 158 cm³/mol. The van der Waals surface area contributed by atoms with Crippen LogP contribution in [0.2, 0.25) is 0 Å². The summed E-state index contributed by atoms with van der Waals surface area (Å²) in [7, 11) is -14.2. The maximum absolute atomic E-state index is 12.2. The van der Waals surface area contributed by atoms with Crippen molar-refractivity contribution in [3.63, 3.8) is 0 Å². The molecule has 15 nitrogen and oxygen atoms in total. The fourth-order valence-electron chi connectivity index (χ4n) is 4.25. The molecule has 5 aromatic rings. The number of phenolic OH excluding ortho intramolecular Hbond substituents is 1. The molecule has 0 bridgehead atoms. The van der Waals surface area contributed by atoms with Crippen LogP contribution >= 0.6 is 0 Å². The molecule has 0 radical (unpaired) electrons. The normalized spacial score (nSPS) is 13.0. The Hall–Kier alpha value is -4.85. The van der Waals surface area contributed by atoms with E-state index in [4.69, 9.17) is 10.3 Å². The number of rotatable bonds is 7. The van der Waals surface area contributed by atoms with Gasteiger partial charge in [0.05, 0.1) is 27.6 Å². The molecular weight excluding hydrogens is 639 g/mol. The summed E-state index contributed by atoms with van der Waals surface area (Å²) in [6.45, 7) is 0. The van der Waals surface area contributed by atoms with Crippen molar-refractivity contribution in [3.05, 3.63) is 78.9 Å². The van der Waals surface area contributed by atoms with Crippen LogP contribution < -0.4 is 5.73 Å². The lowest BCUT2D eigenvalue weighted by Gasteiger charge is -2.11. The van der Waals surface area contributed by atoms with Gasteiger partial charge in [0.25, 0.3) is 30.4 Å². The summed E-state index contributed by atoms with van der Waals surface area (Å²) in [5, 5.41) is 27.9. The summed E-state index contributed by atoms with van der Waals surface area (Å²) < 4.78 is 98.6. The Morgan fingerprint density at radius 1 is 0.568 bits per heavy atom. The summed E-state index contributed by atoms with van der Waals surface area (Å²) in [4.78, 5) is -1.94. The summed E-state index contributed by atoms with van der Waals surface area (Å²) >= 11 is 0. The molecule has 226 valence electrons. The van der Waals surface area contributed by atoms with Crippen molar-refractivity contribution in [2.75, 3.05) is 5.73 Å². The van der Waals surface area contributed by atoms with Gasteiger partial charge in [-0.25, -0.2) is 0 Å². The fraction of sp³-hybridized carbons (Fsp3) is 0. The monoisotopic (exact) mass is 657 g/mol. The van der Waals surface area contributed by atoms with Gasteiger partial charge in [0, 0.05) is 16.2 Å². The third-order valence-electron chi connectivity index (χ3n) is 6.28. The van der Waals surface area contributed by atoms with Crippen LogP contribution in [-0.2, 0) is 30.4 Å². The fourth-order valence-corrected chi connectivity index (χ4v) is 6.02.